The van der Waals surface area contributed by atoms with Gasteiger partial charge in [0.25, 0.3) is 0 Å². The van der Waals surface area contributed by atoms with Gasteiger partial charge in [-0.25, -0.2) is 9.59 Å². The molecule has 0 radical (unpaired) electrons. The van der Waals surface area contributed by atoms with Gasteiger partial charge in [0.2, 0.25) is 0 Å². The number of carboxylic acid groups (broad SMARTS) is 1. The fraction of sp³-hybridized carbons (Fsp3) is 0.667. The zero-order chi connectivity index (χ0) is 18.9. The molecule has 23 heavy (non-hydrogen) atoms. The van der Waals surface area contributed by atoms with Gasteiger partial charge in [0, 0.05) is 17.6 Å². The Labute approximate surface area is 125 Å². The van der Waals surface area contributed by atoms with Gasteiger partial charge in [-0.1, -0.05) is 20.8 Å². The summed E-state index contributed by atoms with van der Waals surface area (Å²) >= 11 is 0. The number of carbonyl (C=O) groups excluding carboxylic acids is 1. The van der Waals surface area contributed by atoms with Crippen LogP contribution in [0, 0.1) is 5.41 Å². The standard InChI is InChI=1S/C12H13F7O4/c1-9(2,3)8(23-7(22)5-4-6(20)21)10(13,14)11(15,16)12(17,18)19/h4-5,8H,1-3H3,(H,20,21)/b5-4-. The van der Waals surface area contributed by atoms with E-state index in [1.807, 2.05) is 0 Å². The van der Waals surface area contributed by atoms with Crippen LogP contribution in [0.3, 0.4) is 0 Å². The average molecular weight is 354 g/mol. The molecule has 0 saturated carbocycles. The summed E-state index contributed by atoms with van der Waals surface area (Å²) in [6.07, 6.45) is -9.48. The maximum absolute atomic E-state index is 13.7. The van der Waals surface area contributed by atoms with Crippen LogP contribution < -0.4 is 0 Å². The summed E-state index contributed by atoms with van der Waals surface area (Å²) in [5.74, 6) is -15.7. The molecular weight excluding hydrogens is 341 g/mol. The second kappa shape index (κ2) is 6.36. The molecule has 0 amide bonds. The Kier molecular flexibility index (Phi) is 5.86. The molecule has 0 aliphatic rings. The monoisotopic (exact) mass is 354 g/mol. The van der Waals surface area contributed by atoms with Crippen molar-refractivity contribution in [2.45, 2.75) is 44.9 Å². The normalized spacial score (nSPS) is 15.6. The summed E-state index contributed by atoms with van der Waals surface area (Å²) in [7, 11) is 0. The lowest BCUT2D eigenvalue weighted by Crippen LogP contribution is -2.61. The summed E-state index contributed by atoms with van der Waals surface area (Å²) in [6.45, 7) is 2.56. The van der Waals surface area contributed by atoms with Crippen molar-refractivity contribution in [2.75, 3.05) is 0 Å². The van der Waals surface area contributed by atoms with Crippen molar-refractivity contribution in [1.29, 1.82) is 0 Å². The molecule has 0 spiro atoms. The minimum atomic E-state index is -6.58. The van der Waals surface area contributed by atoms with Crippen molar-refractivity contribution in [3.63, 3.8) is 0 Å². The highest BCUT2D eigenvalue weighted by molar-refractivity contribution is 5.90. The van der Waals surface area contributed by atoms with Gasteiger partial charge in [0.1, 0.15) is 0 Å². The quantitative estimate of drug-likeness (QED) is 0.467. The summed E-state index contributed by atoms with van der Waals surface area (Å²) in [4.78, 5) is 21.4. The van der Waals surface area contributed by atoms with Crippen LogP contribution in [0.15, 0.2) is 12.2 Å². The zero-order valence-corrected chi connectivity index (χ0v) is 12.0. The first-order valence-corrected chi connectivity index (χ1v) is 5.88. The minimum Gasteiger partial charge on any atom is -0.478 e. The van der Waals surface area contributed by atoms with Crippen LogP contribution in [0.5, 0.6) is 0 Å². The highest BCUT2D eigenvalue weighted by Gasteiger charge is 2.77. The molecule has 1 unspecified atom stereocenters. The molecule has 0 aromatic carbocycles. The Morgan fingerprint density at radius 1 is 0.957 bits per heavy atom. The van der Waals surface area contributed by atoms with Crippen molar-refractivity contribution >= 4 is 11.9 Å². The smallest absolute Gasteiger partial charge is 0.460 e. The molecule has 134 valence electrons. The van der Waals surface area contributed by atoms with Gasteiger partial charge in [-0.15, -0.1) is 0 Å². The summed E-state index contributed by atoms with van der Waals surface area (Å²) in [5.41, 5.74) is -2.01. The van der Waals surface area contributed by atoms with Crippen molar-refractivity contribution in [2.24, 2.45) is 5.41 Å². The van der Waals surface area contributed by atoms with Crippen LogP contribution in [0.1, 0.15) is 20.8 Å². The molecule has 1 N–H and O–H groups in total. The number of esters is 1. The number of ether oxygens (including phenoxy) is 1. The maximum atomic E-state index is 13.7. The molecule has 0 aliphatic heterocycles. The van der Waals surface area contributed by atoms with Gasteiger partial charge in [-0.3, -0.25) is 0 Å². The topological polar surface area (TPSA) is 63.6 Å². The van der Waals surface area contributed by atoms with Crippen LogP contribution in [0.2, 0.25) is 0 Å². The van der Waals surface area contributed by atoms with Gasteiger partial charge >= 0.3 is 30.0 Å². The van der Waals surface area contributed by atoms with Gasteiger partial charge in [0.15, 0.2) is 6.10 Å². The van der Waals surface area contributed by atoms with E-state index in [1.165, 1.54) is 0 Å². The van der Waals surface area contributed by atoms with E-state index in [1.54, 1.807) is 0 Å². The van der Waals surface area contributed by atoms with E-state index in [0.29, 0.717) is 0 Å². The fourth-order valence-corrected chi connectivity index (χ4v) is 1.44. The molecule has 11 heteroatoms. The third-order valence-electron chi connectivity index (χ3n) is 2.49. The van der Waals surface area contributed by atoms with Gasteiger partial charge < -0.3 is 9.84 Å². The van der Waals surface area contributed by atoms with Crippen LogP contribution in [-0.2, 0) is 14.3 Å². The second-order valence-electron chi connectivity index (χ2n) is 5.55. The van der Waals surface area contributed by atoms with Gasteiger partial charge in [-0.05, 0) is 0 Å². The lowest BCUT2D eigenvalue weighted by molar-refractivity contribution is -0.377. The third kappa shape index (κ3) is 4.83. The van der Waals surface area contributed by atoms with E-state index in [2.05, 4.69) is 4.74 Å². The number of alkyl halides is 7. The molecule has 0 aliphatic carbocycles. The Bertz CT molecular complexity index is 489. The van der Waals surface area contributed by atoms with E-state index in [0.717, 1.165) is 20.8 Å². The largest absolute Gasteiger partial charge is 0.478 e. The van der Waals surface area contributed by atoms with Gasteiger partial charge in [0.05, 0.1) is 0 Å². The molecular formula is C12H13F7O4. The summed E-state index contributed by atoms with van der Waals surface area (Å²) in [6, 6.07) is 0. The molecule has 0 heterocycles. The fourth-order valence-electron chi connectivity index (χ4n) is 1.44. The maximum Gasteiger partial charge on any atom is 0.460 e. The molecule has 0 fully saturated rings. The predicted molar refractivity (Wildman–Crippen MR) is 62.1 cm³/mol. The SMILES string of the molecule is CC(C)(C)C(OC(=O)/C=C\C(=O)O)C(F)(F)C(F)(F)C(F)(F)F. The van der Waals surface area contributed by atoms with Crippen molar-refractivity contribution in [3.05, 3.63) is 12.2 Å². The first kappa shape index (κ1) is 21.2. The van der Waals surface area contributed by atoms with E-state index in [9.17, 15) is 40.3 Å². The van der Waals surface area contributed by atoms with E-state index in [4.69, 9.17) is 5.11 Å². The van der Waals surface area contributed by atoms with Crippen LogP contribution in [0.4, 0.5) is 30.7 Å². The lowest BCUT2D eigenvalue weighted by Gasteiger charge is -2.39. The van der Waals surface area contributed by atoms with E-state index < -0.39 is 41.5 Å². The van der Waals surface area contributed by atoms with E-state index in [-0.39, 0.29) is 12.2 Å². The number of hydrogen-bond acceptors (Lipinski definition) is 3. The van der Waals surface area contributed by atoms with Crippen LogP contribution in [-0.4, -0.2) is 41.2 Å². The average Bonchev–Trinajstić information content (AvgIpc) is 2.30. The Morgan fingerprint density at radius 3 is 1.70 bits per heavy atom. The highest BCUT2D eigenvalue weighted by atomic mass is 19.4. The first-order valence-electron chi connectivity index (χ1n) is 5.88. The van der Waals surface area contributed by atoms with Crippen molar-refractivity contribution in [3.8, 4) is 0 Å². The van der Waals surface area contributed by atoms with Crippen LogP contribution in [0.25, 0.3) is 0 Å². The van der Waals surface area contributed by atoms with E-state index >= 15 is 0 Å². The first-order chi connectivity index (χ1) is 9.94. The lowest BCUT2D eigenvalue weighted by atomic mass is 9.82. The predicted octanol–water partition coefficient (Wildman–Crippen LogP) is 3.42. The number of rotatable bonds is 5. The third-order valence-corrected chi connectivity index (χ3v) is 2.49. The summed E-state index contributed by atoms with van der Waals surface area (Å²) < 4.78 is 94.2. The molecule has 0 rings (SSSR count). The Balaban J connectivity index is 5.75. The molecule has 0 aromatic heterocycles. The Hall–Kier alpha value is -1.81. The molecule has 1 atom stereocenters. The molecule has 0 aromatic rings. The molecule has 0 bridgehead atoms. The number of carboxylic acids is 1. The summed E-state index contributed by atoms with van der Waals surface area (Å²) in [5, 5.41) is 8.24. The Morgan fingerprint density at radius 2 is 1.39 bits per heavy atom. The molecule has 0 saturated heterocycles. The van der Waals surface area contributed by atoms with Crippen molar-refractivity contribution < 1.29 is 50.2 Å². The van der Waals surface area contributed by atoms with Gasteiger partial charge in [-0.2, -0.15) is 30.7 Å². The number of halogens is 7. The van der Waals surface area contributed by atoms with Crippen LogP contribution >= 0.6 is 0 Å². The zero-order valence-electron chi connectivity index (χ0n) is 12.0. The number of hydrogen-bond donors (Lipinski definition) is 1. The minimum absolute atomic E-state index is 0.114. The van der Waals surface area contributed by atoms with Crippen molar-refractivity contribution in [1.82, 2.24) is 0 Å². The number of aliphatic carboxylic acids is 1. The second-order valence-corrected chi connectivity index (χ2v) is 5.55. The molecule has 4 nitrogen and oxygen atoms in total. The number of carbonyl (C=O) groups is 2. The highest BCUT2D eigenvalue weighted by Crippen LogP contribution is 2.51.